The predicted octanol–water partition coefficient (Wildman–Crippen LogP) is 3.82. The van der Waals surface area contributed by atoms with E-state index in [1.807, 2.05) is 24.3 Å². The third kappa shape index (κ3) is 5.67. The molecule has 1 amide bonds. The lowest BCUT2D eigenvalue weighted by atomic mass is 9.96. The predicted molar refractivity (Wildman–Crippen MR) is 128 cm³/mol. The number of carbonyl (C=O) groups excluding carboxylic acids is 1. The number of hydrogen-bond acceptors (Lipinski definition) is 6. The van der Waals surface area contributed by atoms with Gasteiger partial charge in [-0.15, -0.1) is 0 Å². The van der Waals surface area contributed by atoms with Crippen LogP contribution in [0, 0.1) is 12.8 Å². The van der Waals surface area contributed by atoms with Gasteiger partial charge in [-0.3, -0.25) is 9.52 Å². The van der Waals surface area contributed by atoms with Gasteiger partial charge in [-0.2, -0.15) is 0 Å². The molecular weight excluding hydrogens is 440 g/mol. The summed E-state index contributed by atoms with van der Waals surface area (Å²) in [5.41, 5.74) is 3.39. The Kier molecular flexibility index (Phi) is 7.33. The molecule has 0 atom stereocenters. The summed E-state index contributed by atoms with van der Waals surface area (Å²) >= 11 is 0. The van der Waals surface area contributed by atoms with Gasteiger partial charge in [-0.25, -0.2) is 18.4 Å². The molecule has 1 heterocycles. The number of carbonyl (C=O) groups is 1. The minimum Gasteiger partial charge on any atom is -0.478 e. The molecule has 2 N–H and O–H groups in total. The van der Waals surface area contributed by atoms with E-state index >= 15 is 0 Å². The summed E-state index contributed by atoms with van der Waals surface area (Å²) in [5.74, 6) is 0.262. The van der Waals surface area contributed by atoms with Gasteiger partial charge < -0.3 is 10.1 Å². The average Bonchev–Trinajstić information content (AvgIpc) is 2.79. The van der Waals surface area contributed by atoms with Crippen molar-refractivity contribution in [3.8, 4) is 17.0 Å². The Balaban J connectivity index is 2.04. The molecule has 3 rings (SSSR count). The highest BCUT2D eigenvalue weighted by Crippen LogP contribution is 2.29. The van der Waals surface area contributed by atoms with Gasteiger partial charge in [0.2, 0.25) is 5.82 Å². The molecule has 33 heavy (non-hydrogen) atoms. The number of anilines is 1. The lowest BCUT2D eigenvalue weighted by Crippen LogP contribution is -2.20. The Morgan fingerprint density at radius 2 is 1.82 bits per heavy atom. The van der Waals surface area contributed by atoms with Crippen molar-refractivity contribution >= 4 is 21.7 Å². The fourth-order valence-corrected chi connectivity index (χ4v) is 4.44. The van der Waals surface area contributed by atoms with Crippen LogP contribution in [-0.2, 0) is 16.4 Å². The molecule has 0 saturated heterocycles. The third-order valence-electron chi connectivity index (χ3n) is 4.97. The number of ether oxygens (including phenoxy) is 1. The lowest BCUT2D eigenvalue weighted by molar-refractivity contribution is 0.0963. The molecule has 0 unspecified atom stereocenters. The quantitative estimate of drug-likeness (QED) is 0.520. The number of nitrogens with one attached hydrogen (secondary N) is 2. The van der Waals surface area contributed by atoms with Crippen molar-refractivity contribution in [2.45, 2.75) is 32.1 Å². The molecule has 9 heteroatoms. The van der Waals surface area contributed by atoms with Crippen LogP contribution in [0.25, 0.3) is 11.1 Å². The molecule has 174 valence electrons. The molecule has 1 aromatic heterocycles. The molecule has 0 bridgehead atoms. The molecule has 0 saturated carbocycles. The fourth-order valence-electron chi connectivity index (χ4n) is 3.41. The van der Waals surface area contributed by atoms with Crippen molar-refractivity contribution in [3.63, 3.8) is 0 Å². The summed E-state index contributed by atoms with van der Waals surface area (Å²) in [6.45, 7) is 6.02. The van der Waals surface area contributed by atoms with E-state index in [1.165, 1.54) is 44.1 Å². The first-order valence-corrected chi connectivity index (χ1v) is 12.0. The maximum absolute atomic E-state index is 13.1. The number of nitrogens with zero attached hydrogens (tertiary/aromatic N) is 2. The van der Waals surface area contributed by atoms with Crippen LogP contribution in [0.1, 0.15) is 35.5 Å². The van der Waals surface area contributed by atoms with Gasteiger partial charge in [-0.1, -0.05) is 38.1 Å². The monoisotopic (exact) mass is 468 g/mol. The SMILES string of the molecule is CNC(=O)c1ccc(S(=O)(=O)Nc2ncc(C)nc2OC)cc1-c1ccc(CC(C)C)cc1. The average molecular weight is 469 g/mol. The molecule has 0 aliphatic heterocycles. The van der Waals surface area contributed by atoms with E-state index in [9.17, 15) is 13.2 Å². The maximum atomic E-state index is 13.1. The first-order valence-electron chi connectivity index (χ1n) is 10.5. The molecule has 0 spiro atoms. The molecule has 0 radical (unpaired) electrons. The van der Waals surface area contributed by atoms with Gasteiger partial charge in [0.25, 0.3) is 21.8 Å². The lowest BCUT2D eigenvalue weighted by Gasteiger charge is -2.14. The number of rotatable bonds is 8. The number of aromatic nitrogens is 2. The Bertz CT molecular complexity index is 1260. The Labute approximate surface area is 194 Å². The summed E-state index contributed by atoms with van der Waals surface area (Å²) in [5, 5.41) is 2.61. The number of aryl methyl sites for hydroxylation is 1. The largest absolute Gasteiger partial charge is 0.478 e. The number of methoxy groups -OCH3 is 1. The standard InChI is InChI=1S/C24H28N4O4S/c1-15(2)12-17-6-8-18(9-7-17)21-13-19(10-11-20(21)23(29)25-4)33(30,31)28-22-24(32-5)27-16(3)14-26-22/h6-11,13-15H,12H2,1-5H3,(H,25,29)(H,26,28). The summed E-state index contributed by atoms with van der Waals surface area (Å²) in [4.78, 5) is 20.7. The fraction of sp³-hybridized carbons (Fsp3) is 0.292. The van der Waals surface area contributed by atoms with E-state index in [4.69, 9.17) is 4.74 Å². The van der Waals surface area contributed by atoms with Crippen molar-refractivity contribution < 1.29 is 17.9 Å². The highest BCUT2D eigenvalue weighted by Gasteiger charge is 2.22. The van der Waals surface area contributed by atoms with Gasteiger partial charge in [0.05, 0.1) is 23.9 Å². The van der Waals surface area contributed by atoms with Crippen LogP contribution in [0.3, 0.4) is 0 Å². The summed E-state index contributed by atoms with van der Waals surface area (Å²) in [6.07, 6.45) is 2.37. The first kappa shape index (κ1) is 24.2. The van der Waals surface area contributed by atoms with Gasteiger partial charge >= 0.3 is 0 Å². The van der Waals surface area contributed by atoms with Crippen molar-refractivity contribution in [2.24, 2.45) is 5.92 Å². The van der Waals surface area contributed by atoms with Crippen molar-refractivity contribution in [1.82, 2.24) is 15.3 Å². The van der Waals surface area contributed by atoms with Crippen LogP contribution >= 0.6 is 0 Å². The molecule has 8 nitrogen and oxygen atoms in total. The minimum absolute atomic E-state index is 0.0131. The van der Waals surface area contributed by atoms with Gasteiger partial charge in [-0.05, 0) is 54.2 Å². The van der Waals surface area contributed by atoms with Gasteiger partial charge in [0.1, 0.15) is 0 Å². The molecule has 3 aromatic rings. The first-order chi connectivity index (χ1) is 15.6. The zero-order valence-corrected chi connectivity index (χ0v) is 20.2. The summed E-state index contributed by atoms with van der Waals surface area (Å²) < 4.78 is 33.8. The normalized spacial score (nSPS) is 11.3. The number of amides is 1. The van der Waals surface area contributed by atoms with Crippen LogP contribution in [0.5, 0.6) is 5.88 Å². The van der Waals surface area contributed by atoms with Crippen LogP contribution in [0.2, 0.25) is 0 Å². The second kappa shape index (κ2) is 9.99. The van der Waals surface area contributed by atoms with E-state index in [2.05, 4.69) is 33.9 Å². The van der Waals surface area contributed by atoms with Crippen LogP contribution < -0.4 is 14.8 Å². The smallest absolute Gasteiger partial charge is 0.263 e. The van der Waals surface area contributed by atoms with Crippen LogP contribution in [0.15, 0.2) is 53.6 Å². The number of hydrogen-bond donors (Lipinski definition) is 2. The van der Waals surface area contributed by atoms with E-state index in [1.54, 1.807) is 6.92 Å². The Morgan fingerprint density at radius 1 is 1.12 bits per heavy atom. The molecular formula is C24H28N4O4S. The van der Waals surface area contributed by atoms with Crippen molar-refractivity contribution in [3.05, 3.63) is 65.5 Å². The van der Waals surface area contributed by atoms with E-state index in [-0.39, 0.29) is 22.5 Å². The van der Waals surface area contributed by atoms with Crippen molar-refractivity contribution in [2.75, 3.05) is 18.9 Å². The van der Waals surface area contributed by atoms with Crippen LogP contribution in [-0.4, -0.2) is 38.5 Å². The van der Waals surface area contributed by atoms with E-state index in [0.717, 1.165) is 12.0 Å². The highest BCUT2D eigenvalue weighted by atomic mass is 32.2. The number of benzene rings is 2. The van der Waals surface area contributed by atoms with E-state index in [0.29, 0.717) is 22.7 Å². The van der Waals surface area contributed by atoms with Gasteiger partial charge in [0.15, 0.2) is 0 Å². The Hall–Kier alpha value is -3.46. The second-order valence-corrected chi connectivity index (χ2v) is 9.74. The second-order valence-electron chi connectivity index (χ2n) is 8.06. The molecule has 2 aromatic carbocycles. The zero-order valence-electron chi connectivity index (χ0n) is 19.3. The van der Waals surface area contributed by atoms with E-state index < -0.39 is 10.0 Å². The minimum atomic E-state index is -4.03. The summed E-state index contributed by atoms with van der Waals surface area (Å²) in [7, 11) is -1.10. The van der Waals surface area contributed by atoms with Crippen LogP contribution in [0.4, 0.5) is 5.82 Å². The topological polar surface area (TPSA) is 110 Å². The third-order valence-corrected chi connectivity index (χ3v) is 6.30. The molecule has 0 fully saturated rings. The molecule has 0 aliphatic carbocycles. The Morgan fingerprint density at radius 3 is 2.42 bits per heavy atom. The molecule has 0 aliphatic rings. The summed E-state index contributed by atoms with van der Waals surface area (Å²) in [6, 6.07) is 12.2. The number of sulfonamides is 1. The van der Waals surface area contributed by atoms with Crippen molar-refractivity contribution in [1.29, 1.82) is 0 Å². The van der Waals surface area contributed by atoms with Gasteiger partial charge in [0, 0.05) is 12.6 Å². The highest BCUT2D eigenvalue weighted by molar-refractivity contribution is 7.92. The maximum Gasteiger partial charge on any atom is 0.263 e. The zero-order chi connectivity index (χ0) is 24.2.